The van der Waals surface area contributed by atoms with Crippen LogP contribution in [0.5, 0.6) is 17.2 Å². The molecule has 2 fully saturated rings. The number of carbonyl (C=O) groups is 3. The van der Waals surface area contributed by atoms with Crippen LogP contribution in [0.3, 0.4) is 0 Å². The van der Waals surface area contributed by atoms with Crippen LogP contribution < -0.4 is 19.5 Å². The summed E-state index contributed by atoms with van der Waals surface area (Å²) in [5, 5.41) is 12.6. The highest BCUT2D eigenvalue weighted by Gasteiger charge is 2.36. The maximum Gasteiger partial charge on any atom is 0.303 e. The van der Waals surface area contributed by atoms with E-state index in [1.165, 1.54) is 7.11 Å². The first-order chi connectivity index (χ1) is 24.1. The normalized spacial score (nSPS) is 19.2. The summed E-state index contributed by atoms with van der Waals surface area (Å²) in [6, 6.07) is 14.9. The van der Waals surface area contributed by atoms with Crippen LogP contribution in [0.15, 0.2) is 77.8 Å². The Morgan fingerprint density at radius 3 is 2.40 bits per heavy atom. The van der Waals surface area contributed by atoms with E-state index < -0.39 is 5.97 Å². The third kappa shape index (κ3) is 6.80. The van der Waals surface area contributed by atoms with Crippen molar-refractivity contribution in [3.05, 3.63) is 101 Å². The smallest absolute Gasteiger partial charge is 0.303 e. The molecule has 0 saturated carbocycles. The van der Waals surface area contributed by atoms with E-state index in [-0.39, 0.29) is 43.5 Å². The van der Waals surface area contributed by atoms with E-state index in [4.69, 9.17) is 14.2 Å². The van der Waals surface area contributed by atoms with Gasteiger partial charge in [0.15, 0.2) is 11.5 Å². The summed E-state index contributed by atoms with van der Waals surface area (Å²) in [5.41, 5.74) is 7.12. The van der Waals surface area contributed by atoms with E-state index in [0.29, 0.717) is 73.0 Å². The third-order valence-electron chi connectivity index (χ3n) is 9.59. The third-order valence-corrected chi connectivity index (χ3v) is 9.59. The van der Waals surface area contributed by atoms with Crippen molar-refractivity contribution in [2.24, 2.45) is 4.99 Å². The maximum atomic E-state index is 13.4. The Bertz CT molecular complexity index is 1940. The standard InChI is InChI=1S/C39H40N4O7/c1-23-9-28-17-40-33-14-30(7-8-31(33)38(46)42(28)19-23)49-21-26-11-25(5-4-6-37(44)45)12-27(13-26)22-50-36-16-34-32(15-35(36)48-3)39(47)43-20-24(2)10-29(43)18-41-34/h7-8,11-16,18,28-29,40H,1-2,4-6,9-10,17,19-22H2,3H3,(H,44,45)/t28-,29-/m0/s1. The van der Waals surface area contributed by atoms with Crippen molar-refractivity contribution >= 4 is 35.4 Å². The number of benzene rings is 3. The molecule has 2 N–H and O–H groups in total. The zero-order chi connectivity index (χ0) is 34.9. The predicted molar refractivity (Wildman–Crippen MR) is 189 cm³/mol. The number of hydrogen-bond acceptors (Lipinski definition) is 8. The summed E-state index contributed by atoms with van der Waals surface area (Å²) in [7, 11) is 1.53. The molecule has 258 valence electrons. The number of aryl methyl sites for hydroxylation is 1. The minimum atomic E-state index is -0.837. The van der Waals surface area contributed by atoms with Crippen LogP contribution in [-0.2, 0) is 24.4 Å². The van der Waals surface area contributed by atoms with E-state index in [9.17, 15) is 19.5 Å². The van der Waals surface area contributed by atoms with Gasteiger partial charge in [-0.3, -0.25) is 19.4 Å². The number of methoxy groups -OCH3 is 1. The van der Waals surface area contributed by atoms with Gasteiger partial charge in [-0.25, -0.2) is 0 Å². The summed E-state index contributed by atoms with van der Waals surface area (Å²) in [6.45, 7) is 10.3. The molecule has 11 nitrogen and oxygen atoms in total. The Labute approximate surface area is 290 Å². The Balaban J connectivity index is 1.09. The second-order valence-electron chi connectivity index (χ2n) is 13.4. The number of rotatable bonds is 11. The van der Waals surface area contributed by atoms with Crippen molar-refractivity contribution in [1.29, 1.82) is 0 Å². The molecule has 11 heteroatoms. The van der Waals surface area contributed by atoms with Gasteiger partial charge in [-0.05, 0) is 66.6 Å². The average Bonchev–Trinajstić information content (AvgIpc) is 3.61. The second kappa shape index (κ2) is 13.7. The van der Waals surface area contributed by atoms with Crippen molar-refractivity contribution in [2.75, 3.05) is 32.1 Å². The van der Waals surface area contributed by atoms with Gasteiger partial charge in [0, 0.05) is 44.4 Å². The molecule has 4 aliphatic heterocycles. The Morgan fingerprint density at radius 1 is 0.900 bits per heavy atom. The molecule has 0 unspecified atom stereocenters. The number of hydrogen-bond donors (Lipinski definition) is 2. The molecule has 0 radical (unpaired) electrons. The number of carboxylic acid groups (broad SMARTS) is 1. The zero-order valence-corrected chi connectivity index (χ0v) is 28.1. The summed E-state index contributed by atoms with van der Waals surface area (Å²) >= 11 is 0. The van der Waals surface area contributed by atoms with Gasteiger partial charge in [-0.1, -0.05) is 36.4 Å². The van der Waals surface area contributed by atoms with E-state index in [1.807, 2.05) is 35.2 Å². The van der Waals surface area contributed by atoms with Crippen LogP contribution in [0, 0.1) is 0 Å². The number of carboxylic acids is 1. The van der Waals surface area contributed by atoms with Crippen LogP contribution >= 0.6 is 0 Å². The van der Waals surface area contributed by atoms with Crippen LogP contribution in [0.2, 0.25) is 0 Å². The topological polar surface area (TPSA) is 130 Å². The van der Waals surface area contributed by atoms with E-state index in [2.05, 4.69) is 23.5 Å². The lowest BCUT2D eigenvalue weighted by molar-refractivity contribution is -0.137. The first-order valence-corrected chi connectivity index (χ1v) is 16.8. The molecule has 3 aromatic rings. The predicted octanol–water partition coefficient (Wildman–Crippen LogP) is 5.94. The molecule has 4 heterocycles. The largest absolute Gasteiger partial charge is 0.493 e. The van der Waals surface area contributed by atoms with E-state index in [1.54, 1.807) is 29.3 Å². The molecule has 3 aromatic carbocycles. The first-order valence-electron chi connectivity index (χ1n) is 16.8. The van der Waals surface area contributed by atoms with Crippen molar-refractivity contribution in [2.45, 2.75) is 57.4 Å². The lowest BCUT2D eigenvalue weighted by Gasteiger charge is -2.20. The lowest BCUT2D eigenvalue weighted by atomic mass is 10.0. The fourth-order valence-electron chi connectivity index (χ4n) is 7.15. The Hall–Kier alpha value is -5.58. The van der Waals surface area contributed by atoms with Crippen LogP contribution in [-0.4, -0.2) is 77.7 Å². The lowest BCUT2D eigenvalue weighted by Crippen LogP contribution is -2.36. The molecule has 0 bridgehead atoms. The Morgan fingerprint density at radius 2 is 1.62 bits per heavy atom. The van der Waals surface area contributed by atoms with E-state index >= 15 is 0 Å². The quantitative estimate of drug-likeness (QED) is 0.239. The molecule has 50 heavy (non-hydrogen) atoms. The minimum absolute atomic E-state index is 0.00459. The number of nitrogens with zero attached hydrogens (tertiary/aromatic N) is 3. The number of aliphatic carboxylic acids is 1. The fourth-order valence-corrected chi connectivity index (χ4v) is 7.15. The molecule has 0 spiro atoms. The number of aliphatic imine (C=N–C) groups is 1. The van der Waals surface area contributed by atoms with Gasteiger partial charge in [-0.15, -0.1) is 0 Å². The summed E-state index contributed by atoms with van der Waals surface area (Å²) < 4.78 is 18.1. The number of amides is 2. The SMILES string of the molecule is C=C1C[C@H]2CNc3cc(OCc4cc(CCCC(=O)O)cc(COc5cc6c(cc5OC)C(=O)N5CC(=C)C[C@H]5C=N6)c4)ccc3C(=O)N2C1. The fraction of sp³-hybridized carbons (Fsp3) is 0.333. The molecule has 2 saturated heterocycles. The maximum absolute atomic E-state index is 13.4. The highest BCUT2D eigenvalue weighted by Crippen LogP contribution is 2.39. The van der Waals surface area contributed by atoms with Gasteiger partial charge >= 0.3 is 5.97 Å². The molecule has 0 aliphatic carbocycles. The highest BCUT2D eigenvalue weighted by molar-refractivity contribution is 6.04. The number of carbonyl (C=O) groups excluding carboxylic acids is 2. The number of fused-ring (bicyclic) bond motifs is 4. The van der Waals surface area contributed by atoms with Gasteiger partial charge in [-0.2, -0.15) is 0 Å². The Kier molecular flexibility index (Phi) is 9.05. The summed E-state index contributed by atoms with van der Waals surface area (Å²) in [6.07, 6.45) is 4.42. The number of anilines is 1. The van der Waals surface area contributed by atoms with Crippen molar-refractivity contribution in [1.82, 2.24) is 9.80 Å². The van der Waals surface area contributed by atoms with E-state index in [0.717, 1.165) is 39.9 Å². The molecule has 7 rings (SSSR count). The first kappa shape index (κ1) is 32.9. The van der Waals surface area contributed by atoms with Crippen LogP contribution in [0.25, 0.3) is 0 Å². The van der Waals surface area contributed by atoms with Crippen LogP contribution in [0.4, 0.5) is 11.4 Å². The van der Waals surface area contributed by atoms with Gasteiger partial charge in [0.2, 0.25) is 0 Å². The average molecular weight is 677 g/mol. The zero-order valence-electron chi connectivity index (χ0n) is 28.1. The summed E-state index contributed by atoms with van der Waals surface area (Å²) in [4.78, 5) is 46.1. The highest BCUT2D eigenvalue weighted by atomic mass is 16.5. The van der Waals surface area contributed by atoms with Gasteiger partial charge in [0.1, 0.15) is 19.0 Å². The van der Waals surface area contributed by atoms with Gasteiger partial charge in [0.05, 0.1) is 41.7 Å². The van der Waals surface area contributed by atoms with Gasteiger partial charge in [0.25, 0.3) is 11.8 Å². The van der Waals surface area contributed by atoms with Crippen molar-refractivity contribution < 1.29 is 33.7 Å². The molecule has 2 atom stereocenters. The summed E-state index contributed by atoms with van der Waals surface area (Å²) in [5.74, 6) is 0.539. The molecule has 4 aliphatic rings. The van der Waals surface area contributed by atoms with Crippen LogP contribution in [0.1, 0.15) is 63.1 Å². The van der Waals surface area contributed by atoms with Crippen molar-refractivity contribution in [3.8, 4) is 17.2 Å². The monoisotopic (exact) mass is 676 g/mol. The molecular formula is C39H40N4O7. The molecule has 2 amide bonds. The number of ether oxygens (including phenoxy) is 3. The van der Waals surface area contributed by atoms with Crippen molar-refractivity contribution in [3.63, 3.8) is 0 Å². The van der Waals surface area contributed by atoms with Gasteiger partial charge < -0.3 is 34.4 Å². The minimum Gasteiger partial charge on any atom is -0.493 e. The molecular weight excluding hydrogens is 636 g/mol. The number of nitrogens with one attached hydrogen (secondary N) is 1. The second-order valence-corrected chi connectivity index (χ2v) is 13.4. The molecule has 0 aromatic heterocycles.